The van der Waals surface area contributed by atoms with Gasteiger partial charge in [-0.25, -0.2) is 9.18 Å². The number of benzene rings is 3. The lowest BCUT2D eigenvalue weighted by molar-refractivity contribution is -0.132. The van der Waals surface area contributed by atoms with Crippen LogP contribution in [0.5, 0.6) is 0 Å². The molecule has 0 aliphatic carbocycles. The highest BCUT2D eigenvalue weighted by atomic mass is 35.5. The topological polar surface area (TPSA) is 97.0 Å². The molecule has 0 fully saturated rings. The lowest BCUT2D eigenvalue weighted by atomic mass is 9.94. The Morgan fingerprint density at radius 1 is 0.978 bits per heavy atom. The van der Waals surface area contributed by atoms with Gasteiger partial charge >= 0.3 is 6.09 Å². The van der Waals surface area contributed by atoms with E-state index in [9.17, 15) is 18.8 Å². The van der Waals surface area contributed by atoms with Crippen LogP contribution in [-0.2, 0) is 32.0 Å². The number of anilines is 1. The summed E-state index contributed by atoms with van der Waals surface area (Å²) < 4.78 is 26.1. The number of amides is 3. The molecular weight excluding hydrogens is 597 g/mol. The summed E-state index contributed by atoms with van der Waals surface area (Å²) in [5.41, 5.74) is 2.23. The molecule has 0 bridgehead atoms. The third kappa shape index (κ3) is 9.52. The van der Waals surface area contributed by atoms with E-state index in [1.54, 1.807) is 56.0 Å². The third-order valence-corrected chi connectivity index (χ3v) is 7.16. The number of fused-ring (bicyclic) bond motifs is 1. The molecule has 0 spiro atoms. The fraction of sp³-hybridized carbons (Fsp3) is 0.400. The van der Waals surface area contributed by atoms with Crippen LogP contribution < -0.4 is 15.5 Å². The summed E-state index contributed by atoms with van der Waals surface area (Å²) in [5.74, 6) is -1.22. The Balaban J connectivity index is 1.66. The van der Waals surface area contributed by atoms with Crippen molar-refractivity contribution in [2.45, 2.75) is 72.3 Å². The van der Waals surface area contributed by atoms with Crippen LogP contribution in [-0.4, -0.2) is 42.7 Å². The predicted molar refractivity (Wildman–Crippen MR) is 173 cm³/mol. The SMILES string of the molecule is CC(C)(C)CN1C(=O)C(CNC(=O)Cc2ccccc2F)OC(c2cccc(CNC(=O)OC(C)(C)C)c2)c2cc(Cl)ccc21. The maximum Gasteiger partial charge on any atom is 0.407 e. The van der Waals surface area contributed by atoms with Gasteiger partial charge in [-0.3, -0.25) is 9.59 Å². The van der Waals surface area contributed by atoms with Gasteiger partial charge in [0.2, 0.25) is 5.91 Å². The number of nitrogens with zero attached hydrogens (tertiary/aromatic N) is 1. The van der Waals surface area contributed by atoms with Gasteiger partial charge < -0.3 is 25.0 Å². The molecule has 240 valence electrons. The largest absolute Gasteiger partial charge is 0.444 e. The van der Waals surface area contributed by atoms with Crippen molar-refractivity contribution >= 4 is 35.2 Å². The average Bonchev–Trinajstić information content (AvgIpc) is 3.05. The van der Waals surface area contributed by atoms with Crippen molar-refractivity contribution in [1.29, 1.82) is 0 Å². The van der Waals surface area contributed by atoms with Crippen molar-refractivity contribution in [3.05, 3.63) is 99.8 Å². The van der Waals surface area contributed by atoms with Gasteiger partial charge in [0.15, 0.2) is 6.10 Å². The molecule has 4 rings (SSSR count). The molecule has 0 saturated heterocycles. The molecule has 2 unspecified atom stereocenters. The molecule has 3 aromatic rings. The average molecular weight is 638 g/mol. The molecule has 10 heteroatoms. The number of nitrogens with one attached hydrogen (secondary N) is 2. The Bertz CT molecular complexity index is 1550. The minimum absolute atomic E-state index is 0.120. The van der Waals surface area contributed by atoms with Crippen molar-refractivity contribution in [3.63, 3.8) is 0 Å². The second kappa shape index (κ2) is 14.0. The molecule has 3 amide bonds. The molecule has 45 heavy (non-hydrogen) atoms. The Hall–Kier alpha value is -3.95. The number of halogens is 2. The maximum atomic E-state index is 14.2. The Labute approximate surface area is 269 Å². The molecule has 3 aromatic carbocycles. The normalized spacial score (nSPS) is 16.9. The summed E-state index contributed by atoms with van der Waals surface area (Å²) in [5, 5.41) is 6.03. The van der Waals surface area contributed by atoms with Crippen LogP contribution in [0, 0.1) is 11.2 Å². The summed E-state index contributed by atoms with van der Waals surface area (Å²) >= 11 is 6.49. The number of alkyl carbamates (subject to hydrolysis) is 1. The van der Waals surface area contributed by atoms with Crippen LogP contribution >= 0.6 is 11.6 Å². The zero-order chi connectivity index (χ0) is 32.9. The number of carbonyl (C=O) groups is 3. The van der Waals surface area contributed by atoms with Gasteiger partial charge in [0, 0.05) is 29.4 Å². The first-order valence-electron chi connectivity index (χ1n) is 14.9. The van der Waals surface area contributed by atoms with E-state index in [2.05, 4.69) is 10.6 Å². The summed E-state index contributed by atoms with van der Waals surface area (Å²) in [6.07, 6.45) is -2.50. The molecule has 2 atom stereocenters. The van der Waals surface area contributed by atoms with Gasteiger partial charge in [0.05, 0.1) is 13.0 Å². The van der Waals surface area contributed by atoms with Crippen molar-refractivity contribution in [2.24, 2.45) is 5.41 Å². The quantitative estimate of drug-likeness (QED) is 0.286. The molecular formula is C35H41ClFN3O5. The van der Waals surface area contributed by atoms with Crippen LogP contribution in [0.4, 0.5) is 14.9 Å². The van der Waals surface area contributed by atoms with Crippen LogP contribution in [0.1, 0.15) is 69.9 Å². The lowest BCUT2D eigenvalue weighted by Crippen LogP contribution is -2.48. The molecule has 1 aliphatic heterocycles. The molecule has 0 radical (unpaired) electrons. The smallest absolute Gasteiger partial charge is 0.407 e. The summed E-state index contributed by atoms with van der Waals surface area (Å²) in [4.78, 5) is 41.0. The maximum absolute atomic E-state index is 14.2. The highest BCUT2D eigenvalue weighted by Gasteiger charge is 2.38. The van der Waals surface area contributed by atoms with E-state index in [1.807, 2.05) is 51.1 Å². The number of hydrogen-bond donors (Lipinski definition) is 2. The van der Waals surface area contributed by atoms with Gasteiger partial charge in [-0.2, -0.15) is 0 Å². The molecule has 0 saturated carbocycles. The zero-order valence-electron chi connectivity index (χ0n) is 26.6. The minimum Gasteiger partial charge on any atom is -0.444 e. The third-order valence-electron chi connectivity index (χ3n) is 6.92. The number of carbonyl (C=O) groups excluding carboxylic acids is 3. The van der Waals surface area contributed by atoms with Crippen molar-refractivity contribution < 1.29 is 28.2 Å². The highest BCUT2D eigenvalue weighted by Crippen LogP contribution is 2.40. The van der Waals surface area contributed by atoms with Gasteiger partial charge in [-0.1, -0.05) is 74.8 Å². The van der Waals surface area contributed by atoms with E-state index < -0.39 is 35.6 Å². The second-order valence-corrected chi connectivity index (χ2v) is 13.8. The van der Waals surface area contributed by atoms with E-state index in [1.165, 1.54) is 6.07 Å². The first-order valence-corrected chi connectivity index (χ1v) is 15.3. The van der Waals surface area contributed by atoms with E-state index >= 15 is 0 Å². The molecule has 8 nitrogen and oxygen atoms in total. The lowest BCUT2D eigenvalue weighted by Gasteiger charge is -2.31. The second-order valence-electron chi connectivity index (χ2n) is 13.4. The Kier molecular flexibility index (Phi) is 10.6. The standard InChI is InChI=1S/C35H41ClFN3O5/c1-34(2,3)21-40-28-15-14-25(36)18-26(28)31(24-12-9-10-22(16-24)19-39-33(43)45-35(4,5)6)44-29(32(40)42)20-38-30(41)17-23-11-7-8-13-27(23)37/h7-16,18,29,31H,17,19-21H2,1-6H3,(H,38,41)(H,39,43). The molecule has 1 heterocycles. The van der Waals surface area contributed by atoms with Crippen LogP contribution in [0.3, 0.4) is 0 Å². The summed E-state index contributed by atoms with van der Waals surface area (Å²) in [7, 11) is 0. The van der Waals surface area contributed by atoms with E-state index in [-0.39, 0.29) is 36.4 Å². The Morgan fingerprint density at radius 2 is 1.71 bits per heavy atom. The van der Waals surface area contributed by atoms with E-state index in [0.717, 1.165) is 11.1 Å². The van der Waals surface area contributed by atoms with Gasteiger partial charge in [0.25, 0.3) is 5.91 Å². The molecule has 0 aromatic heterocycles. The van der Waals surface area contributed by atoms with E-state index in [4.69, 9.17) is 21.1 Å². The van der Waals surface area contributed by atoms with Gasteiger partial charge in [-0.05, 0) is 67.1 Å². The number of hydrogen-bond acceptors (Lipinski definition) is 5. The molecule has 2 N–H and O–H groups in total. The van der Waals surface area contributed by atoms with Gasteiger partial charge in [-0.15, -0.1) is 0 Å². The summed E-state index contributed by atoms with van der Waals surface area (Å²) in [6, 6.07) is 18.9. The molecule has 1 aliphatic rings. The van der Waals surface area contributed by atoms with E-state index in [0.29, 0.717) is 22.8 Å². The van der Waals surface area contributed by atoms with Gasteiger partial charge in [0.1, 0.15) is 17.5 Å². The van der Waals surface area contributed by atoms with Crippen LogP contribution in [0.2, 0.25) is 5.02 Å². The first kappa shape index (κ1) is 33.9. The highest BCUT2D eigenvalue weighted by molar-refractivity contribution is 6.30. The number of ether oxygens (including phenoxy) is 2. The predicted octanol–water partition coefficient (Wildman–Crippen LogP) is 6.73. The Morgan fingerprint density at radius 3 is 2.40 bits per heavy atom. The van der Waals surface area contributed by atoms with Crippen molar-refractivity contribution in [1.82, 2.24) is 10.6 Å². The van der Waals surface area contributed by atoms with Crippen molar-refractivity contribution in [3.8, 4) is 0 Å². The summed E-state index contributed by atoms with van der Waals surface area (Å²) in [6.45, 7) is 12.0. The monoisotopic (exact) mass is 637 g/mol. The first-order chi connectivity index (χ1) is 21.1. The number of rotatable bonds is 8. The van der Waals surface area contributed by atoms with Crippen molar-refractivity contribution in [2.75, 3.05) is 18.0 Å². The van der Waals surface area contributed by atoms with Crippen LogP contribution in [0.25, 0.3) is 0 Å². The van der Waals surface area contributed by atoms with Crippen LogP contribution in [0.15, 0.2) is 66.7 Å². The fourth-order valence-electron chi connectivity index (χ4n) is 5.04. The zero-order valence-corrected chi connectivity index (χ0v) is 27.3. The minimum atomic E-state index is -1.06. The fourth-order valence-corrected chi connectivity index (χ4v) is 5.22.